The molecular weight excluding hydrogens is 161 g/mol. The highest BCUT2D eigenvalue weighted by Crippen LogP contribution is 2.17. The van der Waals surface area contributed by atoms with E-state index in [1.807, 2.05) is 6.07 Å². The molecule has 0 aliphatic heterocycles. The Bertz CT molecular complexity index is 328. The highest BCUT2D eigenvalue weighted by atomic mass is 32.1. The third kappa shape index (κ3) is 1.52. The van der Waals surface area contributed by atoms with E-state index in [0.717, 1.165) is 5.56 Å². The summed E-state index contributed by atoms with van der Waals surface area (Å²) in [5.74, 6) is -0.449. The minimum Gasteiger partial charge on any atom is -0.206 e. The Hall–Kier alpha value is -1.01. The highest BCUT2D eigenvalue weighted by Gasteiger charge is 2.02. The van der Waals surface area contributed by atoms with E-state index < -0.39 is 5.82 Å². The largest absolute Gasteiger partial charge is 0.206 e. The fraction of sp³-hybridized carbons (Fsp3) is 0.125. The SMILES string of the molecule is Cc1cc(S)c(F)cc1C#N. The van der Waals surface area contributed by atoms with Crippen LogP contribution in [0.2, 0.25) is 0 Å². The van der Waals surface area contributed by atoms with Crippen LogP contribution in [0.15, 0.2) is 17.0 Å². The molecule has 0 radical (unpaired) electrons. The van der Waals surface area contributed by atoms with E-state index in [9.17, 15) is 4.39 Å². The first-order valence-electron chi connectivity index (χ1n) is 3.04. The van der Waals surface area contributed by atoms with Crippen LogP contribution < -0.4 is 0 Å². The van der Waals surface area contributed by atoms with Gasteiger partial charge in [0.2, 0.25) is 0 Å². The van der Waals surface area contributed by atoms with Crippen molar-refractivity contribution in [3.63, 3.8) is 0 Å². The Morgan fingerprint density at radius 3 is 2.73 bits per heavy atom. The molecule has 0 aromatic heterocycles. The summed E-state index contributed by atoms with van der Waals surface area (Å²) in [7, 11) is 0. The second-order valence-electron chi connectivity index (χ2n) is 2.23. The van der Waals surface area contributed by atoms with Crippen molar-refractivity contribution in [3.05, 3.63) is 29.1 Å². The van der Waals surface area contributed by atoms with Gasteiger partial charge in [-0.2, -0.15) is 5.26 Å². The van der Waals surface area contributed by atoms with Crippen LogP contribution in [0.1, 0.15) is 11.1 Å². The van der Waals surface area contributed by atoms with Gasteiger partial charge in [-0.1, -0.05) is 0 Å². The third-order valence-corrected chi connectivity index (χ3v) is 1.76. The van der Waals surface area contributed by atoms with E-state index >= 15 is 0 Å². The smallest absolute Gasteiger partial charge is 0.137 e. The summed E-state index contributed by atoms with van der Waals surface area (Å²) in [6.07, 6.45) is 0. The number of benzene rings is 1. The van der Waals surface area contributed by atoms with Gasteiger partial charge in [0.05, 0.1) is 11.6 Å². The summed E-state index contributed by atoms with van der Waals surface area (Å²) in [6, 6.07) is 4.62. The summed E-state index contributed by atoms with van der Waals surface area (Å²) in [5.41, 5.74) is 1.11. The van der Waals surface area contributed by atoms with E-state index in [4.69, 9.17) is 5.26 Å². The molecule has 0 fully saturated rings. The number of hydrogen-bond acceptors (Lipinski definition) is 2. The molecule has 1 rings (SSSR count). The van der Waals surface area contributed by atoms with Crippen LogP contribution >= 0.6 is 12.6 Å². The van der Waals surface area contributed by atoms with Crippen molar-refractivity contribution < 1.29 is 4.39 Å². The van der Waals surface area contributed by atoms with Gasteiger partial charge < -0.3 is 0 Å². The normalized spacial score (nSPS) is 9.27. The van der Waals surface area contributed by atoms with Gasteiger partial charge >= 0.3 is 0 Å². The first kappa shape index (κ1) is 8.09. The number of thiol groups is 1. The summed E-state index contributed by atoms with van der Waals surface area (Å²) >= 11 is 3.87. The Labute approximate surface area is 69.9 Å². The molecule has 0 aliphatic rings. The molecule has 11 heavy (non-hydrogen) atoms. The lowest BCUT2D eigenvalue weighted by molar-refractivity contribution is 0.601. The van der Waals surface area contributed by atoms with Crippen LogP contribution in [-0.4, -0.2) is 0 Å². The number of nitrogens with zero attached hydrogens (tertiary/aromatic N) is 1. The molecule has 1 nitrogen and oxygen atoms in total. The number of rotatable bonds is 0. The molecule has 0 heterocycles. The molecule has 0 atom stereocenters. The van der Waals surface area contributed by atoms with Gasteiger partial charge in [-0.3, -0.25) is 0 Å². The average molecular weight is 167 g/mol. The Kier molecular flexibility index (Phi) is 2.16. The Morgan fingerprint density at radius 1 is 1.55 bits per heavy atom. The zero-order chi connectivity index (χ0) is 8.43. The molecule has 1 aromatic carbocycles. The van der Waals surface area contributed by atoms with Gasteiger partial charge in [-0.05, 0) is 24.6 Å². The van der Waals surface area contributed by atoms with Crippen molar-refractivity contribution in [1.82, 2.24) is 0 Å². The second-order valence-corrected chi connectivity index (χ2v) is 2.71. The predicted octanol–water partition coefficient (Wildman–Crippen LogP) is 2.29. The molecule has 0 unspecified atom stereocenters. The van der Waals surface area contributed by atoms with Gasteiger partial charge in [-0.15, -0.1) is 12.6 Å². The predicted molar refractivity (Wildman–Crippen MR) is 43.1 cm³/mol. The number of nitriles is 1. The van der Waals surface area contributed by atoms with Gasteiger partial charge in [0.1, 0.15) is 5.82 Å². The molecule has 0 aliphatic carbocycles. The molecule has 0 spiro atoms. The number of hydrogen-bond donors (Lipinski definition) is 1. The maximum Gasteiger partial charge on any atom is 0.137 e. The van der Waals surface area contributed by atoms with Crippen molar-refractivity contribution >= 4 is 12.6 Å². The average Bonchev–Trinajstić information content (AvgIpc) is 1.97. The van der Waals surface area contributed by atoms with Crippen LogP contribution in [0.5, 0.6) is 0 Å². The minimum atomic E-state index is -0.449. The van der Waals surface area contributed by atoms with Crippen molar-refractivity contribution in [2.75, 3.05) is 0 Å². The molecular formula is C8H6FNS. The maximum atomic E-state index is 12.7. The minimum absolute atomic E-state index is 0.279. The van der Waals surface area contributed by atoms with Gasteiger partial charge in [0.25, 0.3) is 0 Å². The van der Waals surface area contributed by atoms with Crippen molar-refractivity contribution in [2.45, 2.75) is 11.8 Å². The van der Waals surface area contributed by atoms with Crippen molar-refractivity contribution in [2.24, 2.45) is 0 Å². The lowest BCUT2D eigenvalue weighted by Gasteiger charge is -1.98. The second kappa shape index (κ2) is 2.93. The van der Waals surface area contributed by atoms with Crippen LogP contribution in [0.25, 0.3) is 0 Å². The molecule has 3 heteroatoms. The molecule has 56 valence electrons. The third-order valence-electron chi connectivity index (χ3n) is 1.41. The first-order valence-corrected chi connectivity index (χ1v) is 3.49. The molecule has 0 saturated carbocycles. The summed E-state index contributed by atoms with van der Waals surface area (Å²) in [4.78, 5) is 0.279. The molecule has 1 aromatic rings. The van der Waals surface area contributed by atoms with E-state index in [2.05, 4.69) is 12.6 Å². The zero-order valence-electron chi connectivity index (χ0n) is 5.93. The van der Waals surface area contributed by atoms with Crippen LogP contribution in [0.3, 0.4) is 0 Å². The van der Waals surface area contributed by atoms with Crippen LogP contribution in [0, 0.1) is 24.1 Å². The van der Waals surface area contributed by atoms with E-state index in [1.165, 1.54) is 12.1 Å². The van der Waals surface area contributed by atoms with E-state index in [0.29, 0.717) is 5.56 Å². The summed E-state index contributed by atoms with van der Waals surface area (Å²) in [5, 5.41) is 8.49. The zero-order valence-corrected chi connectivity index (χ0v) is 6.82. The summed E-state index contributed by atoms with van der Waals surface area (Å²) < 4.78 is 12.7. The molecule has 0 amide bonds. The van der Waals surface area contributed by atoms with Crippen molar-refractivity contribution in [1.29, 1.82) is 5.26 Å². The van der Waals surface area contributed by atoms with Crippen LogP contribution in [-0.2, 0) is 0 Å². The fourth-order valence-corrected chi connectivity index (χ4v) is 1.04. The number of aryl methyl sites for hydroxylation is 1. The van der Waals surface area contributed by atoms with Gasteiger partial charge in [0, 0.05) is 4.90 Å². The van der Waals surface area contributed by atoms with Crippen molar-refractivity contribution in [3.8, 4) is 6.07 Å². The summed E-state index contributed by atoms with van der Waals surface area (Å²) in [6.45, 7) is 1.75. The van der Waals surface area contributed by atoms with Gasteiger partial charge in [-0.25, -0.2) is 4.39 Å². The lowest BCUT2D eigenvalue weighted by atomic mass is 10.1. The Balaban J connectivity index is 3.35. The monoisotopic (exact) mass is 167 g/mol. The Morgan fingerprint density at radius 2 is 2.18 bits per heavy atom. The standard InChI is InChI=1S/C8H6FNS/c1-5-2-8(11)7(9)3-6(5)4-10/h2-3,11H,1H3. The van der Waals surface area contributed by atoms with Crippen LogP contribution in [0.4, 0.5) is 4.39 Å². The van der Waals surface area contributed by atoms with E-state index in [1.54, 1.807) is 6.92 Å². The topological polar surface area (TPSA) is 23.8 Å². The maximum absolute atomic E-state index is 12.7. The fourth-order valence-electron chi connectivity index (χ4n) is 0.787. The quantitative estimate of drug-likeness (QED) is 0.589. The molecule has 0 bridgehead atoms. The van der Waals surface area contributed by atoms with E-state index in [-0.39, 0.29) is 4.90 Å². The van der Waals surface area contributed by atoms with Gasteiger partial charge in [0.15, 0.2) is 0 Å². The lowest BCUT2D eigenvalue weighted by Crippen LogP contribution is -1.86. The molecule has 0 saturated heterocycles. The molecule has 0 N–H and O–H groups in total. The number of halogens is 1. The first-order chi connectivity index (χ1) is 5.15. The highest BCUT2D eigenvalue weighted by molar-refractivity contribution is 7.80.